The topological polar surface area (TPSA) is 126 Å². The van der Waals surface area contributed by atoms with Gasteiger partial charge in [0.15, 0.2) is 17.3 Å². The number of fused-ring (bicyclic) bond motifs is 1. The number of hydrogen-bond donors (Lipinski definition) is 1. The molecule has 10 nitrogen and oxygen atoms in total. The molecule has 1 N–H and O–H groups in total. The fraction of sp³-hybridized carbons (Fsp3) is 0.273. The van der Waals surface area contributed by atoms with Crippen LogP contribution in [-0.2, 0) is 20.7 Å². The van der Waals surface area contributed by atoms with Crippen molar-refractivity contribution in [1.82, 2.24) is 5.32 Å². The Morgan fingerprint density at radius 3 is 2.49 bits per heavy atom. The zero-order valence-corrected chi connectivity index (χ0v) is 23.5. The van der Waals surface area contributed by atoms with Crippen LogP contribution < -0.4 is 19.5 Å². The number of ketones is 1. The quantitative estimate of drug-likeness (QED) is 0.213. The van der Waals surface area contributed by atoms with Crippen molar-refractivity contribution in [2.75, 3.05) is 20.5 Å². The van der Waals surface area contributed by atoms with Crippen LogP contribution in [0.3, 0.4) is 0 Å². The molecule has 43 heavy (non-hydrogen) atoms. The van der Waals surface area contributed by atoms with Gasteiger partial charge in [-0.25, -0.2) is 0 Å². The van der Waals surface area contributed by atoms with Crippen LogP contribution in [0.1, 0.15) is 41.4 Å². The Kier molecular flexibility index (Phi) is 7.58. The van der Waals surface area contributed by atoms with Crippen molar-refractivity contribution in [2.45, 2.75) is 31.1 Å². The number of nitrogens with one attached hydrogen (secondary N) is 1. The second kappa shape index (κ2) is 11.6. The van der Waals surface area contributed by atoms with Gasteiger partial charge in [0.25, 0.3) is 5.69 Å². The first-order valence-electron chi connectivity index (χ1n) is 14.0. The van der Waals surface area contributed by atoms with Crippen LogP contribution in [0.25, 0.3) is 0 Å². The molecule has 0 fully saturated rings. The number of nitro groups is 1. The maximum Gasteiger partial charge on any atom is 0.315 e. The Morgan fingerprint density at radius 1 is 1.07 bits per heavy atom. The van der Waals surface area contributed by atoms with Crippen LogP contribution in [0, 0.1) is 16.0 Å². The number of nitro benzene ring substituents is 1. The molecule has 0 bridgehead atoms. The number of hydrogen-bond acceptors (Lipinski definition) is 9. The third-order valence-electron chi connectivity index (χ3n) is 8.21. The lowest BCUT2D eigenvalue weighted by Gasteiger charge is -2.39. The lowest BCUT2D eigenvalue weighted by Crippen LogP contribution is -2.42. The van der Waals surface area contributed by atoms with E-state index in [0.717, 1.165) is 11.1 Å². The van der Waals surface area contributed by atoms with Crippen molar-refractivity contribution < 1.29 is 33.5 Å². The van der Waals surface area contributed by atoms with Crippen LogP contribution in [-0.4, -0.2) is 37.2 Å². The second-order valence-corrected chi connectivity index (χ2v) is 10.7. The van der Waals surface area contributed by atoms with Crippen LogP contribution >= 0.6 is 0 Å². The molecule has 3 aliphatic rings. The van der Waals surface area contributed by atoms with Crippen molar-refractivity contribution in [1.29, 1.82) is 0 Å². The number of methoxy groups -OCH3 is 1. The van der Waals surface area contributed by atoms with Gasteiger partial charge in [0.05, 0.1) is 24.7 Å². The summed E-state index contributed by atoms with van der Waals surface area (Å²) in [6.07, 6.45) is 1.12. The molecule has 2 heterocycles. The van der Waals surface area contributed by atoms with E-state index in [1.165, 1.54) is 12.1 Å². The molecule has 0 radical (unpaired) electrons. The van der Waals surface area contributed by atoms with Crippen LogP contribution in [0.5, 0.6) is 17.2 Å². The number of allylic oxidation sites excluding steroid dienone is 2. The second-order valence-electron chi connectivity index (χ2n) is 10.7. The summed E-state index contributed by atoms with van der Waals surface area (Å²) in [7, 11) is 1.59. The summed E-state index contributed by atoms with van der Waals surface area (Å²) in [4.78, 5) is 39.5. The average Bonchev–Trinajstić information content (AvgIpc) is 3.48. The van der Waals surface area contributed by atoms with Crippen molar-refractivity contribution in [3.05, 3.63) is 117 Å². The minimum atomic E-state index is -1.09. The number of carbonyl (C=O) groups is 2. The molecule has 0 saturated carbocycles. The summed E-state index contributed by atoms with van der Waals surface area (Å²) in [5, 5.41) is 15.5. The molecule has 1 aliphatic carbocycles. The van der Waals surface area contributed by atoms with E-state index in [1.807, 2.05) is 54.6 Å². The van der Waals surface area contributed by atoms with Crippen molar-refractivity contribution in [3.8, 4) is 17.2 Å². The molecule has 3 aromatic rings. The van der Waals surface area contributed by atoms with Gasteiger partial charge in [-0.3, -0.25) is 19.7 Å². The highest BCUT2D eigenvalue weighted by molar-refractivity contribution is 6.01. The lowest BCUT2D eigenvalue weighted by atomic mass is 9.68. The molecule has 2 aliphatic heterocycles. The molecule has 6 rings (SSSR count). The number of Topliss-reactive ketones (excluding diaryl/α,β-unsaturated/α-hetero) is 1. The Hall–Kier alpha value is -5.12. The molecule has 3 aromatic carbocycles. The Labute approximate surface area is 248 Å². The van der Waals surface area contributed by atoms with Gasteiger partial charge in [0, 0.05) is 41.3 Å². The van der Waals surface area contributed by atoms with Gasteiger partial charge in [0.2, 0.25) is 6.79 Å². The van der Waals surface area contributed by atoms with Crippen molar-refractivity contribution in [3.63, 3.8) is 0 Å². The number of nitrogens with zero attached hydrogens (tertiary/aromatic N) is 1. The Bertz CT molecular complexity index is 1630. The molecular weight excluding hydrogens is 552 g/mol. The highest BCUT2D eigenvalue weighted by Gasteiger charge is 2.48. The average molecular weight is 583 g/mol. The minimum Gasteiger partial charge on any atom is -0.497 e. The number of carbonyl (C=O) groups excluding carboxylic acids is 2. The van der Waals surface area contributed by atoms with E-state index in [0.29, 0.717) is 41.3 Å². The van der Waals surface area contributed by atoms with E-state index in [2.05, 4.69) is 11.9 Å². The Balaban J connectivity index is 1.39. The maximum absolute atomic E-state index is 14.0. The summed E-state index contributed by atoms with van der Waals surface area (Å²) in [5.74, 6) is -1.82. The first-order chi connectivity index (χ1) is 20.8. The lowest BCUT2D eigenvalue weighted by molar-refractivity contribution is -0.385. The molecule has 220 valence electrons. The summed E-state index contributed by atoms with van der Waals surface area (Å²) < 4.78 is 21.9. The van der Waals surface area contributed by atoms with Gasteiger partial charge < -0.3 is 24.3 Å². The van der Waals surface area contributed by atoms with Crippen molar-refractivity contribution >= 4 is 17.4 Å². The molecule has 10 heteroatoms. The van der Waals surface area contributed by atoms with E-state index < -0.39 is 22.7 Å². The highest BCUT2D eigenvalue weighted by atomic mass is 16.7. The fourth-order valence-electron chi connectivity index (χ4n) is 6.13. The minimum absolute atomic E-state index is 0.0871. The molecule has 0 aromatic heterocycles. The third-order valence-corrected chi connectivity index (χ3v) is 8.21. The first kappa shape index (κ1) is 28.0. The fourth-order valence-corrected chi connectivity index (χ4v) is 6.13. The summed E-state index contributed by atoms with van der Waals surface area (Å²) >= 11 is 0. The van der Waals surface area contributed by atoms with Crippen molar-refractivity contribution in [2.24, 2.45) is 5.92 Å². The smallest absolute Gasteiger partial charge is 0.315 e. The van der Waals surface area contributed by atoms with Gasteiger partial charge in [-0.2, -0.15) is 0 Å². The van der Waals surface area contributed by atoms with Gasteiger partial charge in [-0.05, 0) is 41.7 Å². The Morgan fingerprint density at radius 2 is 1.79 bits per heavy atom. The van der Waals surface area contributed by atoms with Gasteiger partial charge in [-0.1, -0.05) is 49.0 Å². The van der Waals surface area contributed by atoms with E-state index in [-0.39, 0.29) is 48.5 Å². The molecule has 0 amide bonds. The molecule has 3 atom stereocenters. The number of benzene rings is 3. The van der Waals surface area contributed by atoms with Gasteiger partial charge >= 0.3 is 5.97 Å². The molecular formula is C33H30N2O8. The summed E-state index contributed by atoms with van der Waals surface area (Å²) in [6.45, 7) is 4.15. The summed E-state index contributed by atoms with van der Waals surface area (Å²) in [6, 6.07) is 19.9. The van der Waals surface area contributed by atoms with E-state index >= 15 is 0 Å². The SMILES string of the molecule is C=C1NC2=C(C(=O)CC(c3ccc(OC)cc3)C2)C(c2cc3c(cc2[N+](=O)[O-])OCO3)C1C(=O)OCCc1ccccc1. The normalized spacial score (nSPS) is 20.7. The molecule has 3 unspecified atom stereocenters. The first-order valence-corrected chi connectivity index (χ1v) is 14.0. The van der Waals surface area contributed by atoms with E-state index in [4.69, 9.17) is 18.9 Å². The maximum atomic E-state index is 14.0. The summed E-state index contributed by atoms with van der Waals surface area (Å²) in [5.41, 5.74) is 3.07. The molecule has 0 spiro atoms. The number of esters is 1. The van der Waals surface area contributed by atoms with Crippen LogP contribution in [0.4, 0.5) is 5.69 Å². The number of ether oxygens (including phenoxy) is 4. The zero-order chi connectivity index (χ0) is 30.1. The predicted molar refractivity (Wildman–Crippen MR) is 156 cm³/mol. The van der Waals surface area contributed by atoms with E-state index in [1.54, 1.807) is 7.11 Å². The van der Waals surface area contributed by atoms with E-state index in [9.17, 15) is 19.7 Å². The monoisotopic (exact) mass is 582 g/mol. The number of rotatable bonds is 8. The van der Waals surface area contributed by atoms with Gasteiger partial charge in [0.1, 0.15) is 11.7 Å². The zero-order valence-electron chi connectivity index (χ0n) is 23.5. The third kappa shape index (κ3) is 5.43. The van der Waals surface area contributed by atoms with Crippen LogP contribution in [0.15, 0.2) is 90.3 Å². The molecule has 0 saturated heterocycles. The van der Waals surface area contributed by atoms with Gasteiger partial charge in [-0.15, -0.1) is 0 Å². The van der Waals surface area contributed by atoms with Crippen LogP contribution in [0.2, 0.25) is 0 Å². The standard InChI is InChI=1S/C33H30N2O8/c1-19-30(33(37)41-13-12-20-6-4-3-5-7-20)31(24-16-28-29(43-18-42-28)17-26(24)35(38)39)32-25(34-19)14-22(15-27(32)36)21-8-10-23(40-2)11-9-21/h3-11,16-17,22,30-31,34H,1,12-15,18H2,2H3. The largest absolute Gasteiger partial charge is 0.497 e. The highest BCUT2D eigenvalue weighted by Crippen LogP contribution is 2.51. The predicted octanol–water partition coefficient (Wildman–Crippen LogP) is 5.34.